The molecule has 0 aliphatic carbocycles. The Morgan fingerprint density at radius 2 is 2.25 bits per heavy atom. The molecule has 1 aromatic rings. The van der Waals surface area contributed by atoms with Gasteiger partial charge in [0.2, 0.25) is 0 Å². The Morgan fingerprint density at radius 3 is 2.81 bits per heavy atom. The monoisotopic (exact) mass is 222 g/mol. The van der Waals surface area contributed by atoms with E-state index in [1.807, 2.05) is 0 Å². The summed E-state index contributed by atoms with van der Waals surface area (Å²) >= 11 is 0. The van der Waals surface area contributed by atoms with Crippen molar-refractivity contribution in [3.8, 4) is 11.8 Å². The lowest BCUT2D eigenvalue weighted by molar-refractivity contribution is -0.385. The third-order valence-electron chi connectivity index (χ3n) is 2.03. The van der Waals surface area contributed by atoms with Crippen molar-refractivity contribution in [3.63, 3.8) is 0 Å². The number of hydrogen-bond acceptors (Lipinski definition) is 3. The van der Waals surface area contributed by atoms with Crippen molar-refractivity contribution >= 4 is 5.69 Å². The fraction of sp³-hybridized carbons (Fsp3) is 0.273. The third kappa shape index (κ3) is 2.78. The van der Waals surface area contributed by atoms with Crippen LogP contribution in [0.2, 0.25) is 0 Å². The van der Waals surface area contributed by atoms with Gasteiger partial charge in [-0.05, 0) is 13.0 Å². The average molecular weight is 222 g/mol. The standard InChI is InChI=1S/C11H11FN2O2/c1-8-9(4-2-3-5-13)6-10(12)7-11(8)14(15)16/h6-7H,3,5,13H2,1H3. The normalized spacial score (nSPS) is 9.44. The first-order chi connectivity index (χ1) is 7.56. The minimum Gasteiger partial charge on any atom is -0.330 e. The summed E-state index contributed by atoms with van der Waals surface area (Å²) in [7, 11) is 0. The number of nitro groups is 1. The quantitative estimate of drug-likeness (QED) is 0.470. The van der Waals surface area contributed by atoms with E-state index >= 15 is 0 Å². The summed E-state index contributed by atoms with van der Waals surface area (Å²) in [4.78, 5) is 10.0. The number of nitrogens with two attached hydrogens (primary N) is 1. The van der Waals surface area contributed by atoms with Gasteiger partial charge in [0.05, 0.1) is 11.0 Å². The maximum absolute atomic E-state index is 13.1. The Balaban J connectivity index is 3.21. The lowest BCUT2D eigenvalue weighted by atomic mass is 10.1. The summed E-state index contributed by atoms with van der Waals surface area (Å²) in [6.45, 7) is 1.95. The second kappa shape index (κ2) is 5.24. The topological polar surface area (TPSA) is 69.2 Å². The van der Waals surface area contributed by atoms with Crippen LogP contribution in [0, 0.1) is 34.7 Å². The van der Waals surface area contributed by atoms with Gasteiger partial charge in [-0.3, -0.25) is 10.1 Å². The van der Waals surface area contributed by atoms with E-state index in [2.05, 4.69) is 11.8 Å². The summed E-state index contributed by atoms with van der Waals surface area (Å²) in [5.41, 5.74) is 5.71. The van der Waals surface area contributed by atoms with Crippen molar-refractivity contribution in [1.29, 1.82) is 0 Å². The van der Waals surface area contributed by atoms with Crippen LogP contribution in [0.15, 0.2) is 12.1 Å². The van der Waals surface area contributed by atoms with E-state index in [0.717, 1.165) is 6.07 Å². The van der Waals surface area contributed by atoms with Gasteiger partial charge in [0, 0.05) is 24.1 Å². The van der Waals surface area contributed by atoms with Crippen molar-refractivity contribution in [2.45, 2.75) is 13.3 Å². The van der Waals surface area contributed by atoms with E-state index in [1.165, 1.54) is 6.07 Å². The maximum atomic E-state index is 13.1. The zero-order chi connectivity index (χ0) is 12.1. The molecule has 0 bridgehead atoms. The van der Waals surface area contributed by atoms with Crippen molar-refractivity contribution in [1.82, 2.24) is 0 Å². The molecule has 1 rings (SSSR count). The number of nitro benzene ring substituents is 1. The van der Waals surface area contributed by atoms with Crippen LogP contribution in [0.3, 0.4) is 0 Å². The molecule has 0 saturated carbocycles. The lowest BCUT2D eigenvalue weighted by Crippen LogP contribution is -1.97. The van der Waals surface area contributed by atoms with Crippen molar-refractivity contribution in [3.05, 3.63) is 39.2 Å². The van der Waals surface area contributed by atoms with Crippen molar-refractivity contribution in [2.24, 2.45) is 5.73 Å². The van der Waals surface area contributed by atoms with Crippen LogP contribution in [0.1, 0.15) is 17.5 Å². The predicted octanol–water partition coefficient (Wildman–Crippen LogP) is 1.74. The third-order valence-corrected chi connectivity index (χ3v) is 2.03. The van der Waals surface area contributed by atoms with Gasteiger partial charge in [-0.15, -0.1) is 0 Å². The molecule has 0 radical (unpaired) electrons. The average Bonchev–Trinajstić information content (AvgIpc) is 2.22. The van der Waals surface area contributed by atoms with E-state index in [9.17, 15) is 14.5 Å². The van der Waals surface area contributed by atoms with Crippen LogP contribution in [0.25, 0.3) is 0 Å². The molecule has 5 heteroatoms. The first-order valence-electron chi connectivity index (χ1n) is 4.69. The Hall–Kier alpha value is -1.93. The Kier molecular flexibility index (Phi) is 3.97. The van der Waals surface area contributed by atoms with Gasteiger partial charge < -0.3 is 5.73 Å². The summed E-state index contributed by atoms with van der Waals surface area (Å²) < 4.78 is 13.1. The highest BCUT2D eigenvalue weighted by Crippen LogP contribution is 2.22. The van der Waals surface area contributed by atoms with Crippen molar-refractivity contribution in [2.75, 3.05) is 6.54 Å². The molecular weight excluding hydrogens is 211 g/mol. The summed E-state index contributed by atoms with van der Waals surface area (Å²) in [6, 6.07) is 2.08. The van der Waals surface area contributed by atoms with Crippen LogP contribution < -0.4 is 5.73 Å². The summed E-state index contributed by atoms with van der Waals surface area (Å²) in [6.07, 6.45) is 0.476. The fourth-order valence-electron chi connectivity index (χ4n) is 1.21. The van der Waals surface area contributed by atoms with E-state index in [4.69, 9.17) is 5.73 Å². The van der Waals surface area contributed by atoms with Gasteiger partial charge in [0.15, 0.2) is 0 Å². The highest BCUT2D eigenvalue weighted by molar-refractivity contribution is 5.52. The molecule has 0 unspecified atom stereocenters. The zero-order valence-electron chi connectivity index (χ0n) is 8.79. The number of nitrogens with zero attached hydrogens (tertiary/aromatic N) is 1. The number of rotatable bonds is 2. The smallest absolute Gasteiger partial charge is 0.276 e. The molecule has 0 aliphatic rings. The van der Waals surface area contributed by atoms with E-state index in [1.54, 1.807) is 6.92 Å². The van der Waals surface area contributed by atoms with Crippen molar-refractivity contribution < 1.29 is 9.31 Å². The largest absolute Gasteiger partial charge is 0.330 e. The Bertz CT molecular complexity index is 475. The lowest BCUT2D eigenvalue weighted by Gasteiger charge is -2.00. The molecule has 4 nitrogen and oxygen atoms in total. The Labute approximate surface area is 92.4 Å². The molecule has 0 saturated heterocycles. The molecule has 0 fully saturated rings. The molecule has 0 atom stereocenters. The second-order valence-electron chi connectivity index (χ2n) is 3.20. The second-order valence-corrected chi connectivity index (χ2v) is 3.20. The zero-order valence-corrected chi connectivity index (χ0v) is 8.79. The van der Waals surface area contributed by atoms with Gasteiger partial charge in [-0.1, -0.05) is 11.8 Å². The highest BCUT2D eigenvalue weighted by Gasteiger charge is 2.15. The molecule has 0 aliphatic heterocycles. The molecule has 0 aromatic heterocycles. The summed E-state index contributed by atoms with van der Waals surface area (Å²) in [5.74, 6) is 4.74. The number of hydrogen-bond donors (Lipinski definition) is 1. The van der Waals surface area contributed by atoms with Gasteiger partial charge in [-0.2, -0.15) is 0 Å². The maximum Gasteiger partial charge on any atom is 0.276 e. The molecule has 2 N–H and O–H groups in total. The molecule has 16 heavy (non-hydrogen) atoms. The molecule has 0 spiro atoms. The fourth-order valence-corrected chi connectivity index (χ4v) is 1.21. The van der Waals surface area contributed by atoms with Gasteiger partial charge >= 0.3 is 0 Å². The molecule has 0 amide bonds. The van der Waals surface area contributed by atoms with Crippen LogP contribution in [-0.2, 0) is 0 Å². The minimum atomic E-state index is -0.658. The van der Waals surface area contributed by atoms with E-state index < -0.39 is 10.7 Å². The molecule has 1 aromatic carbocycles. The Morgan fingerprint density at radius 1 is 1.56 bits per heavy atom. The van der Waals surface area contributed by atoms with Gasteiger partial charge in [0.25, 0.3) is 5.69 Å². The highest BCUT2D eigenvalue weighted by atomic mass is 19.1. The molecular formula is C11H11FN2O2. The van der Waals surface area contributed by atoms with Crippen LogP contribution >= 0.6 is 0 Å². The minimum absolute atomic E-state index is 0.253. The van der Waals surface area contributed by atoms with Crippen LogP contribution in [-0.4, -0.2) is 11.5 Å². The molecule has 0 heterocycles. The predicted molar refractivity (Wildman–Crippen MR) is 58.3 cm³/mol. The molecule has 84 valence electrons. The first kappa shape index (κ1) is 12.1. The van der Waals surface area contributed by atoms with Gasteiger partial charge in [0.1, 0.15) is 5.82 Å². The van der Waals surface area contributed by atoms with E-state index in [-0.39, 0.29) is 5.69 Å². The van der Waals surface area contributed by atoms with Crippen LogP contribution in [0.5, 0.6) is 0 Å². The SMILES string of the molecule is Cc1c(C#CCCN)cc(F)cc1[N+](=O)[O-]. The summed E-state index contributed by atoms with van der Waals surface area (Å²) in [5, 5.41) is 10.6. The van der Waals surface area contributed by atoms with E-state index in [0.29, 0.717) is 24.1 Å². The van der Waals surface area contributed by atoms with Crippen LogP contribution in [0.4, 0.5) is 10.1 Å². The number of benzene rings is 1. The van der Waals surface area contributed by atoms with Gasteiger partial charge in [-0.25, -0.2) is 4.39 Å². The first-order valence-corrected chi connectivity index (χ1v) is 4.69. The number of halogens is 1.